The number of carbonyl (C=O) groups is 1. The van der Waals surface area contributed by atoms with E-state index in [0.29, 0.717) is 23.1 Å². The Morgan fingerprint density at radius 1 is 1.22 bits per heavy atom. The van der Waals surface area contributed by atoms with Gasteiger partial charge in [0, 0.05) is 32.0 Å². The van der Waals surface area contributed by atoms with Crippen LogP contribution in [0.15, 0.2) is 35.6 Å². The van der Waals surface area contributed by atoms with E-state index in [4.69, 9.17) is 0 Å². The molecule has 0 N–H and O–H groups in total. The largest absolute Gasteiger partial charge is 0.357 e. The molecular formula is C17H20N4OS. The van der Waals surface area contributed by atoms with Crippen molar-refractivity contribution in [3.8, 4) is 0 Å². The van der Waals surface area contributed by atoms with Crippen LogP contribution in [0.3, 0.4) is 0 Å². The normalized spacial score (nSPS) is 14.7. The van der Waals surface area contributed by atoms with Crippen LogP contribution in [0.25, 0.3) is 0 Å². The van der Waals surface area contributed by atoms with Crippen LogP contribution in [-0.2, 0) is 6.42 Å². The predicted molar refractivity (Wildman–Crippen MR) is 94.6 cm³/mol. The summed E-state index contributed by atoms with van der Waals surface area (Å²) in [4.78, 5) is 25.6. The summed E-state index contributed by atoms with van der Waals surface area (Å²) < 4.78 is 0. The topological polar surface area (TPSA) is 49.3 Å². The standard InChI is InChI=1S/C17H20N4OS/c1-4-12-5-7-13(8-6-12)21-10-9-20(2)15-14(16(21)22)11-18-17(19-15)23-3/h5-8,11H,4,9-10H2,1-3H3. The SMILES string of the molecule is CCc1ccc(N2CCN(C)c3nc(SC)ncc3C2=O)cc1. The summed E-state index contributed by atoms with van der Waals surface area (Å²) in [5.74, 6) is 0.670. The van der Waals surface area contributed by atoms with Crippen molar-refractivity contribution in [2.75, 3.05) is 36.2 Å². The van der Waals surface area contributed by atoms with Crippen molar-refractivity contribution >= 4 is 29.2 Å². The highest BCUT2D eigenvalue weighted by Gasteiger charge is 2.27. The molecule has 0 fully saturated rings. The molecule has 6 heteroatoms. The van der Waals surface area contributed by atoms with E-state index in [1.54, 1.807) is 6.20 Å². The number of anilines is 2. The molecule has 1 amide bonds. The average molecular weight is 328 g/mol. The van der Waals surface area contributed by atoms with Gasteiger partial charge in [-0.2, -0.15) is 0 Å². The molecule has 0 radical (unpaired) electrons. The Balaban J connectivity index is 1.99. The molecule has 2 aromatic rings. The van der Waals surface area contributed by atoms with Crippen LogP contribution >= 0.6 is 11.8 Å². The molecule has 0 saturated heterocycles. The van der Waals surface area contributed by atoms with Gasteiger partial charge in [-0.05, 0) is 30.4 Å². The van der Waals surface area contributed by atoms with Crippen molar-refractivity contribution in [1.82, 2.24) is 9.97 Å². The number of fused-ring (bicyclic) bond motifs is 1. The minimum absolute atomic E-state index is 0.0405. The number of aromatic nitrogens is 2. The van der Waals surface area contributed by atoms with Crippen LogP contribution in [0.2, 0.25) is 0 Å². The van der Waals surface area contributed by atoms with E-state index in [2.05, 4.69) is 29.0 Å². The number of thioether (sulfide) groups is 1. The maximum absolute atomic E-state index is 12.9. The van der Waals surface area contributed by atoms with Gasteiger partial charge < -0.3 is 9.80 Å². The third kappa shape index (κ3) is 3.03. The Morgan fingerprint density at radius 2 is 1.96 bits per heavy atom. The molecule has 2 heterocycles. The van der Waals surface area contributed by atoms with Gasteiger partial charge in [-0.1, -0.05) is 30.8 Å². The summed E-state index contributed by atoms with van der Waals surface area (Å²) >= 11 is 1.48. The molecule has 1 aromatic carbocycles. The Hall–Kier alpha value is -2.08. The Morgan fingerprint density at radius 3 is 2.61 bits per heavy atom. The van der Waals surface area contributed by atoms with Crippen molar-refractivity contribution in [1.29, 1.82) is 0 Å². The highest BCUT2D eigenvalue weighted by atomic mass is 32.2. The monoisotopic (exact) mass is 328 g/mol. The first-order chi connectivity index (χ1) is 11.1. The highest BCUT2D eigenvalue weighted by Crippen LogP contribution is 2.27. The number of hydrogen-bond donors (Lipinski definition) is 0. The summed E-state index contributed by atoms with van der Waals surface area (Å²) in [7, 11) is 1.97. The van der Waals surface area contributed by atoms with Crippen molar-refractivity contribution in [3.05, 3.63) is 41.6 Å². The zero-order valence-corrected chi connectivity index (χ0v) is 14.4. The lowest BCUT2D eigenvalue weighted by Crippen LogP contribution is -2.33. The lowest BCUT2D eigenvalue weighted by atomic mass is 10.1. The quantitative estimate of drug-likeness (QED) is 0.640. The summed E-state index contributed by atoms with van der Waals surface area (Å²) in [6.45, 7) is 3.49. The molecule has 1 aliphatic rings. The molecule has 0 bridgehead atoms. The number of carbonyl (C=O) groups excluding carboxylic acids is 1. The molecule has 23 heavy (non-hydrogen) atoms. The zero-order chi connectivity index (χ0) is 16.4. The van der Waals surface area contributed by atoms with Gasteiger partial charge in [-0.25, -0.2) is 9.97 Å². The Kier molecular flexibility index (Phi) is 4.52. The molecule has 120 valence electrons. The first kappa shape index (κ1) is 15.8. The highest BCUT2D eigenvalue weighted by molar-refractivity contribution is 7.98. The number of hydrogen-bond acceptors (Lipinski definition) is 5. The number of aryl methyl sites for hydroxylation is 1. The van der Waals surface area contributed by atoms with Crippen molar-refractivity contribution in [3.63, 3.8) is 0 Å². The van der Waals surface area contributed by atoms with Crippen LogP contribution in [0, 0.1) is 0 Å². The summed E-state index contributed by atoms with van der Waals surface area (Å²) in [5, 5.41) is 0.684. The Bertz CT molecular complexity index is 717. The van der Waals surface area contributed by atoms with Gasteiger partial charge in [0.15, 0.2) is 5.16 Å². The second-order valence-corrected chi connectivity index (χ2v) is 6.27. The fraction of sp³-hybridized carbons (Fsp3) is 0.353. The van der Waals surface area contributed by atoms with E-state index >= 15 is 0 Å². The van der Waals surface area contributed by atoms with Gasteiger partial charge >= 0.3 is 0 Å². The van der Waals surface area contributed by atoms with Crippen molar-refractivity contribution in [2.45, 2.75) is 18.5 Å². The first-order valence-corrected chi connectivity index (χ1v) is 8.89. The third-order valence-electron chi connectivity index (χ3n) is 4.08. The number of rotatable bonds is 3. The van der Waals surface area contributed by atoms with E-state index in [0.717, 1.165) is 18.7 Å². The minimum Gasteiger partial charge on any atom is -0.357 e. The molecule has 0 saturated carbocycles. The second kappa shape index (κ2) is 6.58. The fourth-order valence-electron chi connectivity index (χ4n) is 2.66. The average Bonchev–Trinajstić information content (AvgIpc) is 2.72. The van der Waals surface area contributed by atoms with E-state index in [1.165, 1.54) is 17.3 Å². The zero-order valence-electron chi connectivity index (χ0n) is 13.6. The van der Waals surface area contributed by atoms with Crippen LogP contribution in [0.4, 0.5) is 11.5 Å². The number of likely N-dealkylation sites (N-methyl/N-ethyl adjacent to an activating group) is 1. The molecule has 0 atom stereocenters. The lowest BCUT2D eigenvalue weighted by Gasteiger charge is -2.21. The Labute approximate surface area is 140 Å². The van der Waals surface area contributed by atoms with Gasteiger partial charge in [-0.15, -0.1) is 0 Å². The number of amides is 1. The van der Waals surface area contributed by atoms with Crippen molar-refractivity contribution < 1.29 is 4.79 Å². The molecule has 0 spiro atoms. The maximum Gasteiger partial charge on any atom is 0.263 e. The number of nitrogens with zero attached hydrogens (tertiary/aromatic N) is 4. The van der Waals surface area contributed by atoms with E-state index in [9.17, 15) is 4.79 Å². The van der Waals surface area contributed by atoms with Crippen LogP contribution in [0.1, 0.15) is 22.8 Å². The molecule has 1 aliphatic heterocycles. The van der Waals surface area contributed by atoms with Crippen LogP contribution in [-0.4, -0.2) is 42.3 Å². The fourth-order valence-corrected chi connectivity index (χ4v) is 2.99. The van der Waals surface area contributed by atoms with Gasteiger partial charge in [0.1, 0.15) is 11.4 Å². The molecule has 1 aromatic heterocycles. The minimum atomic E-state index is -0.0405. The molecule has 0 aliphatic carbocycles. The van der Waals surface area contributed by atoms with Gasteiger partial charge in [-0.3, -0.25) is 4.79 Å². The molecular weight excluding hydrogens is 308 g/mol. The third-order valence-corrected chi connectivity index (χ3v) is 4.64. The summed E-state index contributed by atoms with van der Waals surface area (Å²) in [5.41, 5.74) is 2.74. The predicted octanol–water partition coefficient (Wildman–Crippen LogP) is 2.86. The van der Waals surface area contributed by atoms with Crippen LogP contribution < -0.4 is 9.80 Å². The molecule has 3 rings (SSSR count). The van der Waals surface area contributed by atoms with Crippen LogP contribution in [0.5, 0.6) is 0 Å². The van der Waals surface area contributed by atoms with Gasteiger partial charge in [0.2, 0.25) is 0 Å². The van der Waals surface area contributed by atoms with E-state index < -0.39 is 0 Å². The first-order valence-electron chi connectivity index (χ1n) is 7.67. The molecule has 0 unspecified atom stereocenters. The molecule has 5 nitrogen and oxygen atoms in total. The summed E-state index contributed by atoms with van der Waals surface area (Å²) in [6, 6.07) is 8.18. The summed E-state index contributed by atoms with van der Waals surface area (Å²) in [6.07, 6.45) is 4.57. The second-order valence-electron chi connectivity index (χ2n) is 5.49. The van der Waals surface area contributed by atoms with E-state index in [1.807, 2.05) is 35.2 Å². The number of benzene rings is 1. The lowest BCUT2D eigenvalue weighted by molar-refractivity contribution is 0.0989. The van der Waals surface area contributed by atoms with Gasteiger partial charge in [0.25, 0.3) is 5.91 Å². The van der Waals surface area contributed by atoms with Gasteiger partial charge in [0.05, 0.1) is 0 Å². The van der Waals surface area contributed by atoms with E-state index in [-0.39, 0.29) is 5.91 Å². The van der Waals surface area contributed by atoms with Crippen molar-refractivity contribution in [2.24, 2.45) is 0 Å². The maximum atomic E-state index is 12.9. The smallest absolute Gasteiger partial charge is 0.263 e.